The number of Topliss-reactive ketones (excluding diaryl/α,β-unsaturated/α-hetero) is 1. The first kappa shape index (κ1) is 18.8. The molecule has 0 aliphatic rings. The van der Waals surface area contributed by atoms with Crippen molar-refractivity contribution in [3.8, 4) is 5.88 Å². The van der Waals surface area contributed by atoms with E-state index in [4.69, 9.17) is 4.74 Å². The third kappa shape index (κ3) is 3.36. The van der Waals surface area contributed by atoms with Crippen LogP contribution in [0.25, 0.3) is 11.0 Å². The van der Waals surface area contributed by atoms with Crippen LogP contribution in [0.15, 0.2) is 24.3 Å². The molecule has 6 nitrogen and oxygen atoms in total. The minimum absolute atomic E-state index is 0.153. The third-order valence-corrected chi connectivity index (χ3v) is 4.24. The van der Waals surface area contributed by atoms with Crippen LogP contribution in [-0.4, -0.2) is 32.6 Å². The summed E-state index contributed by atoms with van der Waals surface area (Å²) in [4.78, 5) is 20.6. The number of carbonyl (C=O) groups excluding carboxylic acids is 1. The second-order valence-electron chi connectivity index (χ2n) is 6.12. The summed E-state index contributed by atoms with van der Waals surface area (Å²) in [6, 6.07) is 4.36. The van der Waals surface area contributed by atoms with Crippen LogP contribution in [0.1, 0.15) is 47.3 Å². The molecule has 0 bridgehead atoms. The number of aryl methyl sites for hydroxylation is 1. The van der Waals surface area contributed by atoms with Gasteiger partial charge in [-0.3, -0.25) is 4.79 Å². The lowest BCUT2D eigenvalue weighted by Crippen LogP contribution is -2.11. The fourth-order valence-corrected chi connectivity index (χ4v) is 2.87. The highest BCUT2D eigenvalue weighted by atomic mass is 19.4. The molecule has 1 atom stereocenters. The molecule has 0 saturated carbocycles. The van der Waals surface area contributed by atoms with Gasteiger partial charge < -0.3 is 4.74 Å². The standard InChI is InChI=1S/C18H17F3N4O2/c1-9(12-5-7-13(8-6-12)18(19,20)21)25-16-14(15(24-25)10(2)26)17(27-4)23-11(3)22-16/h5-9H,1-4H3/t9-/m0/s1. The highest BCUT2D eigenvalue weighted by Crippen LogP contribution is 2.32. The fraction of sp³-hybridized carbons (Fsp3) is 0.333. The summed E-state index contributed by atoms with van der Waals surface area (Å²) < 4.78 is 45.1. The topological polar surface area (TPSA) is 69.9 Å². The van der Waals surface area contributed by atoms with Crippen LogP contribution in [0.3, 0.4) is 0 Å². The second-order valence-corrected chi connectivity index (χ2v) is 6.12. The second kappa shape index (κ2) is 6.64. The molecule has 1 aromatic carbocycles. The number of aromatic nitrogens is 4. The van der Waals surface area contributed by atoms with E-state index in [1.807, 2.05) is 0 Å². The summed E-state index contributed by atoms with van der Waals surface area (Å²) in [5.41, 5.74) is 0.406. The first-order valence-electron chi connectivity index (χ1n) is 8.12. The Morgan fingerprint density at radius 3 is 2.33 bits per heavy atom. The molecule has 0 N–H and O–H groups in total. The normalized spacial score (nSPS) is 13.0. The Balaban J connectivity index is 2.16. The molecule has 2 heterocycles. The van der Waals surface area contributed by atoms with E-state index in [0.29, 0.717) is 22.4 Å². The molecule has 0 amide bonds. The van der Waals surface area contributed by atoms with Crippen LogP contribution in [0.4, 0.5) is 13.2 Å². The van der Waals surface area contributed by atoms with Crippen LogP contribution >= 0.6 is 0 Å². The number of halogens is 3. The van der Waals surface area contributed by atoms with Crippen molar-refractivity contribution < 1.29 is 22.7 Å². The van der Waals surface area contributed by atoms with E-state index in [1.54, 1.807) is 13.8 Å². The summed E-state index contributed by atoms with van der Waals surface area (Å²) in [5, 5.41) is 4.73. The van der Waals surface area contributed by atoms with Crippen LogP contribution in [0, 0.1) is 6.92 Å². The molecule has 3 rings (SSSR count). The third-order valence-electron chi connectivity index (χ3n) is 4.24. The summed E-state index contributed by atoms with van der Waals surface area (Å²) >= 11 is 0. The van der Waals surface area contributed by atoms with Crippen LogP contribution < -0.4 is 4.74 Å². The van der Waals surface area contributed by atoms with E-state index in [9.17, 15) is 18.0 Å². The highest BCUT2D eigenvalue weighted by Gasteiger charge is 2.30. The van der Waals surface area contributed by atoms with Gasteiger partial charge in [0.15, 0.2) is 11.4 Å². The Bertz CT molecular complexity index is 1010. The Morgan fingerprint density at radius 2 is 1.81 bits per heavy atom. The van der Waals surface area contributed by atoms with Crippen molar-refractivity contribution in [3.05, 3.63) is 46.9 Å². The van der Waals surface area contributed by atoms with Crippen molar-refractivity contribution in [2.75, 3.05) is 7.11 Å². The lowest BCUT2D eigenvalue weighted by Gasteiger charge is -2.15. The predicted molar refractivity (Wildman–Crippen MR) is 91.9 cm³/mol. The monoisotopic (exact) mass is 378 g/mol. The fourth-order valence-electron chi connectivity index (χ4n) is 2.87. The number of nitrogens with zero attached hydrogens (tertiary/aromatic N) is 4. The predicted octanol–water partition coefficient (Wildman–Crippen LogP) is 3.97. The zero-order valence-corrected chi connectivity index (χ0v) is 15.1. The van der Waals surface area contributed by atoms with Crippen LogP contribution in [-0.2, 0) is 6.18 Å². The number of benzene rings is 1. The van der Waals surface area contributed by atoms with Crippen molar-refractivity contribution in [2.24, 2.45) is 0 Å². The number of ketones is 1. The molecule has 3 aromatic rings. The molecule has 27 heavy (non-hydrogen) atoms. The molecule has 0 fully saturated rings. The molecule has 0 radical (unpaired) electrons. The molecule has 0 unspecified atom stereocenters. The Hall–Kier alpha value is -2.97. The zero-order chi connectivity index (χ0) is 19.9. The maximum absolute atomic E-state index is 12.8. The van der Waals surface area contributed by atoms with Gasteiger partial charge in [-0.1, -0.05) is 12.1 Å². The number of hydrogen-bond donors (Lipinski definition) is 0. The SMILES string of the molecule is COc1nc(C)nc2c1c(C(C)=O)nn2[C@@H](C)c1ccc(C(F)(F)F)cc1. The van der Waals surface area contributed by atoms with Crippen molar-refractivity contribution in [1.29, 1.82) is 0 Å². The zero-order valence-electron chi connectivity index (χ0n) is 15.1. The average molecular weight is 378 g/mol. The highest BCUT2D eigenvalue weighted by molar-refractivity contribution is 6.05. The van der Waals surface area contributed by atoms with Crippen molar-refractivity contribution >= 4 is 16.8 Å². The molecule has 0 saturated heterocycles. The first-order chi connectivity index (χ1) is 12.6. The van der Waals surface area contributed by atoms with E-state index >= 15 is 0 Å². The molecule has 0 aliphatic heterocycles. The van der Waals surface area contributed by atoms with Gasteiger partial charge in [-0.05, 0) is 31.5 Å². The summed E-state index contributed by atoms with van der Waals surface area (Å²) in [5.74, 6) is 0.368. The van der Waals surface area contributed by atoms with E-state index in [0.717, 1.165) is 12.1 Å². The number of carbonyl (C=O) groups is 1. The minimum Gasteiger partial charge on any atom is -0.480 e. The molecular weight excluding hydrogens is 361 g/mol. The Labute approximate surface area is 153 Å². The van der Waals surface area contributed by atoms with E-state index in [-0.39, 0.29) is 17.4 Å². The number of hydrogen-bond acceptors (Lipinski definition) is 5. The number of methoxy groups -OCH3 is 1. The van der Waals surface area contributed by atoms with Crippen LogP contribution in [0.5, 0.6) is 5.88 Å². The Kier molecular flexibility index (Phi) is 4.63. The first-order valence-corrected chi connectivity index (χ1v) is 8.12. The van der Waals surface area contributed by atoms with Gasteiger partial charge in [0, 0.05) is 6.92 Å². The molecule has 0 aliphatic carbocycles. The lowest BCUT2D eigenvalue weighted by atomic mass is 10.1. The molecule has 2 aromatic heterocycles. The summed E-state index contributed by atoms with van der Waals surface area (Å²) in [7, 11) is 1.43. The molecule has 0 spiro atoms. The number of ether oxygens (including phenoxy) is 1. The smallest absolute Gasteiger partial charge is 0.416 e. The van der Waals surface area contributed by atoms with Gasteiger partial charge in [0.25, 0.3) is 0 Å². The van der Waals surface area contributed by atoms with Crippen molar-refractivity contribution in [2.45, 2.75) is 33.0 Å². The van der Waals surface area contributed by atoms with Gasteiger partial charge >= 0.3 is 6.18 Å². The van der Waals surface area contributed by atoms with E-state index < -0.39 is 17.8 Å². The van der Waals surface area contributed by atoms with Crippen LogP contribution in [0.2, 0.25) is 0 Å². The summed E-state index contributed by atoms with van der Waals surface area (Å²) in [6.07, 6.45) is -4.40. The van der Waals surface area contributed by atoms with E-state index in [2.05, 4.69) is 15.1 Å². The maximum atomic E-state index is 12.8. The minimum atomic E-state index is -4.40. The quantitative estimate of drug-likeness (QED) is 0.643. The Morgan fingerprint density at radius 1 is 1.19 bits per heavy atom. The number of alkyl halides is 3. The molecule has 142 valence electrons. The van der Waals surface area contributed by atoms with Gasteiger partial charge in [-0.2, -0.15) is 23.3 Å². The van der Waals surface area contributed by atoms with Gasteiger partial charge in [-0.25, -0.2) is 9.67 Å². The average Bonchev–Trinajstić information content (AvgIpc) is 2.99. The largest absolute Gasteiger partial charge is 0.480 e. The molecular formula is C18H17F3N4O2. The molecule has 9 heteroatoms. The van der Waals surface area contributed by atoms with Crippen molar-refractivity contribution in [3.63, 3.8) is 0 Å². The van der Waals surface area contributed by atoms with E-state index in [1.165, 1.54) is 30.8 Å². The van der Waals surface area contributed by atoms with Gasteiger partial charge in [0.05, 0.1) is 18.7 Å². The maximum Gasteiger partial charge on any atom is 0.416 e. The van der Waals surface area contributed by atoms with Crippen molar-refractivity contribution in [1.82, 2.24) is 19.7 Å². The van der Waals surface area contributed by atoms with Gasteiger partial charge in [-0.15, -0.1) is 0 Å². The number of rotatable bonds is 4. The summed E-state index contributed by atoms with van der Waals surface area (Å²) in [6.45, 7) is 4.81. The van der Waals surface area contributed by atoms with Gasteiger partial charge in [0.2, 0.25) is 5.88 Å². The van der Waals surface area contributed by atoms with Gasteiger partial charge in [0.1, 0.15) is 16.9 Å². The number of fused-ring (bicyclic) bond motifs is 1. The lowest BCUT2D eigenvalue weighted by molar-refractivity contribution is -0.137.